The number of halogens is 1. The van der Waals surface area contributed by atoms with Gasteiger partial charge in [-0.1, -0.05) is 13.3 Å². The molecule has 1 fully saturated rings. The number of aromatic nitrogens is 1. The van der Waals surface area contributed by atoms with Crippen molar-refractivity contribution in [3.05, 3.63) is 41.3 Å². The van der Waals surface area contributed by atoms with Gasteiger partial charge in [0.05, 0.1) is 5.56 Å². The number of hydrogen-bond donors (Lipinski definition) is 2. The van der Waals surface area contributed by atoms with Gasteiger partial charge in [0.25, 0.3) is 5.91 Å². The lowest BCUT2D eigenvalue weighted by atomic mass is 9.93. The Labute approximate surface area is 152 Å². The lowest BCUT2D eigenvalue weighted by molar-refractivity contribution is 0.0824. The normalized spacial score (nSPS) is 22.8. The summed E-state index contributed by atoms with van der Waals surface area (Å²) in [6.07, 6.45) is 3.93. The van der Waals surface area contributed by atoms with Crippen molar-refractivity contribution in [3.63, 3.8) is 0 Å². The van der Waals surface area contributed by atoms with Gasteiger partial charge in [-0.3, -0.25) is 4.79 Å². The Bertz CT molecular complexity index is 911. The molecule has 26 heavy (non-hydrogen) atoms. The van der Waals surface area contributed by atoms with E-state index in [1.54, 1.807) is 32.4 Å². The summed E-state index contributed by atoms with van der Waals surface area (Å²) >= 11 is 0. The number of nitrogens with one attached hydrogen (secondary N) is 1. The monoisotopic (exact) mass is 354 g/mol. The molecule has 2 atom stereocenters. The van der Waals surface area contributed by atoms with Crippen molar-refractivity contribution in [2.24, 2.45) is 5.92 Å². The molecule has 6 heteroatoms. The molecule has 1 saturated carbocycles. The second-order valence-corrected chi connectivity index (χ2v) is 7.53. The van der Waals surface area contributed by atoms with E-state index in [9.17, 15) is 4.79 Å². The first-order valence-electron chi connectivity index (χ1n) is 8.93. The minimum atomic E-state index is -0.590. The number of hydrogen-bond acceptors (Lipinski definition) is 4. The third-order valence-electron chi connectivity index (χ3n) is 5.83. The van der Waals surface area contributed by atoms with Crippen LogP contribution in [0.1, 0.15) is 35.7 Å². The second kappa shape index (κ2) is 5.69. The van der Waals surface area contributed by atoms with E-state index in [1.807, 2.05) is 6.07 Å². The molecule has 1 aliphatic carbocycles. The Morgan fingerprint density at radius 1 is 1.46 bits per heavy atom. The van der Waals surface area contributed by atoms with Crippen LogP contribution in [0.4, 0.5) is 15.9 Å². The predicted octanol–water partition coefficient (Wildman–Crippen LogP) is 3.26. The maximum absolute atomic E-state index is 15.2. The summed E-state index contributed by atoms with van der Waals surface area (Å²) in [6, 6.07) is 5.23. The van der Waals surface area contributed by atoms with Crippen LogP contribution in [0.5, 0.6) is 0 Å². The van der Waals surface area contributed by atoms with Gasteiger partial charge in [-0.25, -0.2) is 9.37 Å². The van der Waals surface area contributed by atoms with Crippen molar-refractivity contribution in [1.82, 2.24) is 9.88 Å². The Kier molecular flexibility index (Phi) is 3.68. The van der Waals surface area contributed by atoms with Crippen molar-refractivity contribution < 1.29 is 9.18 Å². The van der Waals surface area contributed by atoms with Crippen LogP contribution in [0.25, 0.3) is 11.1 Å². The molecule has 1 aromatic heterocycles. The van der Waals surface area contributed by atoms with E-state index in [-0.39, 0.29) is 16.7 Å². The van der Waals surface area contributed by atoms with Crippen LogP contribution in [0.15, 0.2) is 24.4 Å². The first-order chi connectivity index (χ1) is 12.4. The van der Waals surface area contributed by atoms with Gasteiger partial charge in [0.1, 0.15) is 11.6 Å². The van der Waals surface area contributed by atoms with Gasteiger partial charge in [-0.05, 0) is 30.5 Å². The van der Waals surface area contributed by atoms with Crippen LogP contribution in [0, 0.1) is 11.7 Å². The highest BCUT2D eigenvalue weighted by Crippen LogP contribution is 2.60. The third-order valence-corrected chi connectivity index (χ3v) is 5.83. The number of pyridine rings is 1. The highest BCUT2D eigenvalue weighted by molar-refractivity contribution is 6.00. The number of amides is 1. The fraction of sp³-hybridized carbons (Fsp3) is 0.400. The molecule has 0 bridgehead atoms. The second-order valence-electron chi connectivity index (χ2n) is 7.53. The van der Waals surface area contributed by atoms with Crippen molar-refractivity contribution in [3.8, 4) is 11.1 Å². The molecule has 2 aliphatic rings. The van der Waals surface area contributed by atoms with Crippen LogP contribution in [0.2, 0.25) is 0 Å². The number of carbonyl (C=O) groups is 1. The Hall–Kier alpha value is -2.63. The summed E-state index contributed by atoms with van der Waals surface area (Å²) in [7, 11) is 3.16. The van der Waals surface area contributed by atoms with E-state index in [0.29, 0.717) is 17.0 Å². The minimum absolute atomic E-state index is 0.0845. The predicted molar refractivity (Wildman–Crippen MR) is 101 cm³/mol. The van der Waals surface area contributed by atoms with Crippen LogP contribution < -0.4 is 11.1 Å². The van der Waals surface area contributed by atoms with E-state index < -0.39 is 11.7 Å². The quantitative estimate of drug-likeness (QED) is 0.830. The van der Waals surface area contributed by atoms with Crippen LogP contribution in [0.3, 0.4) is 0 Å². The molecule has 3 N–H and O–H groups in total. The van der Waals surface area contributed by atoms with Crippen molar-refractivity contribution >= 4 is 17.4 Å². The van der Waals surface area contributed by atoms with Crippen LogP contribution >= 0.6 is 0 Å². The highest BCUT2D eigenvalue weighted by Gasteiger charge is 2.57. The largest absolute Gasteiger partial charge is 0.398 e. The SMILES string of the molecule is CC[C@@H]1C[C@]12CNc1ncc(-c3ccc(N)c(C(=O)N(C)C)c3F)cc12. The molecular formula is C20H23FN4O. The Morgan fingerprint density at radius 3 is 2.88 bits per heavy atom. The topological polar surface area (TPSA) is 71.2 Å². The zero-order valence-electron chi connectivity index (χ0n) is 15.3. The van der Waals surface area contributed by atoms with Gasteiger partial charge in [-0.15, -0.1) is 0 Å². The minimum Gasteiger partial charge on any atom is -0.398 e. The Morgan fingerprint density at radius 2 is 2.23 bits per heavy atom. The van der Waals surface area contributed by atoms with Crippen molar-refractivity contribution in [2.45, 2.75) is 25.2 Å². The third kappa shape index (κ3) is 2.28. The lowest BCUT2D eigenvalue weighted by Gasteiger charge is -2.16. The van der Waals surface area contributed by atoms with E-state index in [2.05, 4.69) is 17.2 Å². The molecule has 0 saturated heterocycles. The zero-order valence-corrected chi connectivity index (χ0v) is 15.3. The molecule has 2 heterocycles. The molecule has 136 valence electrons. The summed E-state index contributed by atoms with van der Waals surface area (Å²) in [6.45, 7) is 3.10. The van der Waals surface area contributed by atoms with E-state index in [4.69, 9.17) is 5.73 Å². The highest BCUT2D eigenvalue weighted by atomic mass is 19.1. The standard InChI is InChI=1S/C20H23FN4O/c1-4-12-8-20(12)10-24-18-14(20)7-11(9-23-18)13-5-6-15(22)16(17(13)21)19(26)25(2)3/h5-7,9,12H,4,8,10,22H2,1-3H3,(H,23,24)/t12-,20+/m1/s1. The summed E-state index contributed by atoms with van der Waals surface area (Å²) < 4.78 is 15.2. The van der Waals surface area contributed by atoms with Gasteiger partial charge in [0.15, 0.2) is 0 Å². The van der Waals surface area contributed by atoms with Gasteiger partial charge >= 0.3 is 0 Å². The molecule has 1 aliphatic heterocycles. The van der Waals surface area contributed by atoms with Crippen molar-refractivity contribution in [2.75, 3.05) is 31.7 Å². The first-order valence-corrected chi connectivity index (χ1v) is 8.93. The fourth-order valence-electron chi connectivity index (χ4n) is 4.19. The van der Waals surface area contributed by atoms with Crippen LogP contribution in [-0.4, -0.2) is 36.4 Å². The average Bonchev–Trinajstić information content (AvgIpc) is 3.22. The number of benzene rings is 1. The number of nitrogens with two attached hydrogens (primary N) is 1. The van der Waals surface area contributed by atoms with E-state index in [0.717, 1.165) is 25.2 Å². The Balaban J connectivity index is 1.81. The molecule has 4 rings (SSSR count). The van der Waals surface area contributed by atoms with Crippen molar-refractivity contribution in [1.29, 1.82) is 0 Å². The van der Waals surface area contributed by atoms with Gasteiger partial charge < -0.3 is 16.0 Å². The number of anilines is 2. The van der Waals surface area contributed by atoms with Gasteiger partial charge in [0.2, 0.25) is 0 Å². The number of carbonyl (C=O) groups excluding carboxylic acids is 1. The lowest BCUT2D eigenvalue weighted by Crippen LogP contribution is -2.24. The average molecular weight is 354 g/mol. The first kappa shape index (κ1) is 16.8. The molecule has 2 aromatic rings. The molecule has 1 spiro atoms. The zero-order chi connectivity index (χ0) is 18.6. The number of nitrogen functional groups attached to an aromatic ring is 1. The van der Waals surface area contributed by atoms with Gasteiger partial charge in [-0.2, -0.15) is 0 Å². The number of fused-ring (bicyclic) bond motifs is 2. The molecule has 1 amide bonds. The number of rotatable bonds is 3. The summed E-state index contributed by atoms with van der Waals surface area (Å²) in [5.41, 5.74) is 8.27. The van der Waals surface area contributed by atoms with E-state index in [1.165, 1.54) is 10.5 Å². The van der Waals surface area contributed by atoms with Gasteiger partial charge in [0, 0.05) is 54.6 Å². The smallest absolute Gasteiger partial charge is 0.258 e. The maximum Gasteiger partial charge on any atom is 0.258 e. The summed E-state index contributed by atoms with van der Waals surface area (Å²) in [5, 5.41) is 3.38. The number of nitrogens with zero attached hydrogens (tertiary/aromatic N) is 2. The molecular weight excluding hydrogens is 331 g/mol. The summed E-state index contributed by atoms with van der Waals surface area (Å²) in [5.74, 6) is 0.510. The molecule has 0 unspecified atom stereocenters. The maximum atomic E-state index is 15.2. The molecule has 0 radical (unpaired) electrons. The molecule has 5 nitrogen and oxygen atoms in total. The van der Waals surface area contributed by atoms with Crippen LogP contribution in [-0.2, 0) is 5.41 Å². The molecule has 1 aromatic carbocycles. The fourth-order valence-corrected chi connectivity index (χ4v) is 4.19. The van der Waals surface area contributed by atoms with E-state index >= 15 is 4.39 Å². The summed E-state index contributed by atoms with van der Waals surface area (Å²) in [4.78, 5) is 18.2.